The Hall–Kier alpha value is -2.24. The summed E-state index contributed by atoms with van der Waals surface area (Å²) in [4.78, 5) is 16.2. The van der Waals surface area contributed by atoms with Gasteiger partial charge in [0.1, 0.15) is 5.60 Å². The van der Waals surface area contributed by atoms with E-state index < -0.39 is 17.6 Å². The van der Waals surface area contributed by atoms with E-state index in [0.29, 0.717) is 16.7 Å². The maximum Gasteiger partial charge on any atom is 0.338 e. The minimum Gasteiger partial charge on any atom is -0.454 e. The fraction of sp³-hybridized carbons (Fsp3) is 0.294. The number of rotatable bonds is 5. The van der Waals surface area contributed by atoms with Crippen LogP contribution in [0.25, 0.3) is 0 Å². The summed E-state index contributed by atoms with van der Waals surface area (Å²) in [7, 11) is 0. The maximum atomic E-state index is 12.2. The Morgan fingerprint density at radius 1 is 1.32 bits per heavy atom. The summed E-state index contributed by atoms with van der Waals surface area (Å²) >= 11 is 0. The van der Waals surface area contributed by atoms with E-state index in [2.05, 4.69) is 4.98 Å². The van der Waals surface area contributed by atoms with Crippen LogP contribution in [0.3, 0.4) is 0 Å². The zero-order chi connectivity index (χ0) is 16.2. The number of hydrogen-bond donors (Lipinski definition) is 2. The molecule has 1 atom stereocenters. The lowest BCUT2D eigenvalue weighted by molar-refractivity contribution is -0.0129. The normalized spacial score (nSPS) is 12.7. The van der Waals surface area contributed by atoms with Gasteiger partial charge in [0.25, 0.3) is 0 Å². The second-order valence-corrected chi connectivity index (χ2v) is 5.62. The SMILES string of the molecule is CC(C)(OC(=O)c1ccccc1)C(N)c1cncc(CO)c1. The Balaban J connectivity index is 2.16. The van der Waals surface area contributed by atoms with Crippen LogP contribution in [0, 0.1) is 0 Å². The number of hydrogen-bond acceptors (Lipinski definition) is 5. The largest absolute Gasteiger partial charge is 0.454 e. The summed E-state index contributed by atoms with van der Waals surface area (Å²) in [5, 5.41) is 9.17. The van der Waals surface area contributed by atoms with Crippen LogP contribution < -0.4 is 5.73 Å². The van der Waals surface area contributed by atoms with E-state index in [0.717, 1.165) is 0 Å². The molecule has 0 amide bonds. The van der Waals surface area contributed by atoms with Crippen molar-refractivity contribution in [2.75, 3.05) is 0 Å². The molecule has 1 unspecified atom stereocenters. The van der Waals surface area contributed by atoms with Crippen LogP contribution >= 0.6 is 0 Å². The predicted octanol–water partition coefficient (Wildman–Crippen LogP) is 2.21. The molecule has 22 heavy (non-hydrogen) atoms. The summed E-state index contributed by atoms with van der Waals surface area (Å²) in [6.07, 6.45) is 3.18. The number of nitrogens with two attached hydrogens (primary N) is 1. The van der Waals surface area contributed by atoms with E-state index in [1.54, 1.807) is 56.6 Å². The molecular weight excluding hydrogens is 280 g/mol. The van der Waals surface area contributed by atoms with Gasteiger partial charge >= 0.3 is 5.97 Å². The van der Waals surface area contributed by atoms with Crippen molar-refractivity contribution in [2.24, 2.45) is 5.73 Å². The van der Waals surface area contributed by atoms with Crippen molar-refractivity contribution in [3.05, 3.63) is 65.5 Å². The van der Waals surface area contributed by atoms with Crippen molar-refractivity contribution < 1.29 is 14.6 Å². The van der Waals surface area contributed by atoms with Crippen LogP contribution in [-0.4, -0.2) is 21.7 Å². The van der Waals surface area contributed by atoms with Gasteiger partial charge in [-0.05, 0) is 43.2 Å². The Kier molecular flexibility index (Phi) is 4.90. The molecule has 0 radical (unpaired) electrons. The first-order valence-electron chi connectivity index (χ1n) is 7.02. The lowest BCUT2D eigenvalue weighted by Crippen LogP contribution is -2.40. The Bertz CT molecular complexity index is 641. The predicted molar refractivity (Wildman–Crippen MR) is 83.0 cm³/mol. The highest BCUT2D eigenvalue weighted by atomic mass is 16.6. The van der Waals surface area contributed by atoms with Gasteiger partial charge in [0.15, 0.2) is 0 Å². The molecule has 0 saturated heterocycles. The van der Waals surface area contributed by atoms with Crippen molar-refractivity contribution in [1.29, 1.82) is 0 Å². The minimum atomic E-state index is -0.914. The van der Waals surface area contributed by atoms with E-state index in [-0.39, 0.29) is 6.61 Å². The van der Waals surface area contributed by atoms with Crippen LogP contribution in [0.15, 0.2) is 48.8 Å². The summed E-state index contributed by atoms with van der Waals surface area (Å²) in [6, 6.07) is 9.97. The van der Waals surface area contributed by atoms with Crippen LogP contribution in [0.2, 0.25) is 0 Å². The number of ether oxygens (including phenoxy) is 1. The lowest BCUT2D eigenvalue weighted by atomic mass is 9.92. The highest BCUT2D eigenvalue weighted by molar-refractivity contribution is 5.89. The van der Waals surface area contributed by atoms with Crippen LogP contribution in [-0.2, 0) is 11.3 Å². The number of esters is 1. The minimum absolute atomic E-state index is 0.113. The van der Waals surface area contributed by atoms with E-state index in [1.807, 2.05) is 6.07 Å². The molecule has 116 valence electrons. The first-order valence-corrected chi connectivity index (χ1v) is 7.02. The van der Waals surface area contributed by atoms with Crippen molar-refractivity contribution in [3.8, 4) is 0 Å². The van der Waals surface area contributed by atoms with Crippen LogP contribution in [0.4, 0.5) is 0 Å². The van der Waals surface area contributed by atoms with Gasteiger partial charge in [-0.15, -0.1) is 0 Å². The van der Waals surface area contributed by atoms with Gasteiger partial charge in [-0.2, -0.15) is 0 Å². The van der Waals surface area contributed by atoms with Crippen molar-refractivity contribution in [3.63, 3.8) is 0 Å². The summed E-state index contributed by atoms with van der Waals surface area (Å²) in [6.45, 7) is 3.39. The van der Waals surface area contributed by atoms with Crippen molar-refractivity contribution >= 4 is 5.97 Å². The Morgan fingerprint density at radius 2 is 2.00 bits per heavy atom. The fourth-order valence-corrected chi connectivity index (χ4v) is 2.10. The standard InChI is InChI=1S/C17H20N2O3/c1-17(2,22-16(21)13-6-4-3-5-7-13)15(18)14-8-12(11-20)9-19-10-14/h3-10,15,20H,11,18H2,1-2H3. The number of nitrogens with zero attached hydrogens (tertiary/aromatic N) is 1. The van der Waals surface area contributed by atoms with Crippen molar-refractivity contribution in [2.45, 2.75) is 32.1 Å². The molecule has 2 rings (SSSR count). The number of pyridine rings is 1. The second kappa shape index (κ2) is 6.68. The molecule has 2 aromatic rings. The zero-order valence-electron chi connectivity index (χ0n) is 12.7. The molecule has 0 fully saturated rings. The molecule has 0 saturated carbocycles. The molecular formula is C17H20N2O3. The third kappa shape index (κ3) is 3.69. The number of aliphatic hydroxyl groups is 1. The summed E-state index contributed by atoms with van der Waals surface area (Å²) < 4.78 is 5.56. The van der Waals surface area contributed by atoms with Gasteiger partial charge in [0.05, 0.1) is 18.2 Å². The first kappa shape index (κ1) is 16.1. The molecule has 0 aliphatic carbocycles. The number of carbonyl (C=O) groups excluding carboxylic acids is 1. The monoisotopic (exact) mass is 300 g/mol. The van der Waals surface area contributed by atoms with Gasteiger partial charge in [0.2, 0.25) is 0 Å². The van der Waals surface area contributed by atoms with Gasteiger partial charge in [-0.1, -0.05) is 18.2 Å². The molecule has 0 bridgehead atoms. The lowest BCUT2D eigenvalue weighted by Gasteiger charge is -2.31. The van der Waals surface area contributed by atoms with Crippen molar-refractivity contribution in [1.82, 2.24) is 4.98 Å². The summed E-state index contributed by atoms with van der Waals surface area (Å²) in [5.74, 6) is -0.424. The molecule has 1 aromatic heterocycles. The fourth-order valence-electron chi connectivity index (χ4n) is 2.10. The third-order valence-corrected chi connectivity index (χ3v) is 3.47. The van der Waals surface area contributed by atoms with Gasteiger partial charge in [0, 0.05) is 12.4 Å². The van der Waals surface area contributed by atoms with Crippen LogP contribution in [0.5, 0.6) is 0 Å². The molecule has 0 spiro atoms. The van der Waals surface area contributed by atoms with Crippen LogP contribution in [0.1, 0.15) is 41.4 Å². The maximum absolute atomic E-state index is 12.2. The number of aliphatic hydroxyl groups excluding tert-OH is 1. The average molecular weight is 300 g/mol. The summed E-state index contributed by atoms with van der Waals surface area (Å²) in [5.41, 5.74) is 7.16. The Labute approximate surface area is 129 Å². The van der Waals surface area contributed by atoms with Gasteiger partial charge < -0.3 is 15.6 Å². The van der Waals surface area contributed by atoms with E-state index in [9.17, 15) is 9.90 Å². The molecule has 1 heterocycles. The number of benzene rings is 1. The molecule has 5 heteroatoms. The number of carbonyl (C=O) groups is 1. The Morgan fingerprint density at radius 3 is 2.64 bits per heavy atom. The van der Waals surface area contributed by atoms with Gasteiger partial charge in [-0.25, -0.2) is 4.79 Å². The zero-order valence-corrected chi connectivity index (χ0v) is 12.7. The van der Waals surface area contributed by atoms with E-state index in [4.69, 9.17) is 10.5 Å². The molecule has 0 aliphatic rings. The quantitative estimate of drug-likeness (QED) is 0.827. The van der Waals surface area contributed by atoms with E-state index >= 15 is 0 Å². The molecule has 5 nitrogen and oxygen atoms in total. The highest BCUT2D eigenvalue weighted by Gasteiger charge is 2.32. The average Bonchev–Trinajstić information content (AvgIpc) is 2.54. The third-order valence-electron chi connectivity index (χ3n) is 3.47. The highest BCUT2D eigenvalue weighted by Crippen LogP contribution is 2.27. The topological polar surface area (TPSA) is 85.4 Å². The molecule has 0 aliphatic heterocycles. The van der Waals surface area contributed by atoms with Gasteiger partial charge in [-0.3, -0.25) is 4.98 Å². The van der Waals surface area contributed by atoms with E-state index in [1.165, 1.54) is 0 Å². The molecule has 1 aromatic carbocycles. The molecule has 3 N–H and O–H groups in total. The first-order chi connectivity index (χ1) is 10.4. The smallest absolute Gasteiger partial charge is 0.338 e. The number of aromatic nitrogens is 1. The second-order valence-electron chi connectivity index (χ2n) is 5.62.